The highest BCUT2D eigenvalue weighted by Gasteiger charge is 2.08. The molecule has 2 rings (SSSR count). The lowest BCUT2D eigenvalue weighted by Crippen LogP contribution is -2.19. The summed E-state index contributed by atoms with van der Waals surface area (Å²) in [6.45, 7) is 3.84. The molecule has 0 aliphatic carbocycles. The molecule has 112 valence electrons. The maximum atomic E-state index is 10.4. The van der Waals surface area contributed by atoms with Crippen LogP contribution in [0.1, 0.15) is 24.0 Å². The number of carbonyl (C=O) groups excluding carboxylic acids is 1. The van der Waals surface area contributed by atoms with Crippen LogP contribution >= 0.6 is 27.3 Å². The first kappa shape index (κ1) is 15.8. The molecule has 2 heterocycles. The average molecular weight is 370 g/mol. The molecule has 0 saturated heterocycles. The second-order valence-corrected chi connectivity index (χ2v) is 7.13. The second-order valence-electron chi connectivity index (χ2n) is 4.58. The Bertz CT molecular complexity index is 618. The number of nitrogens with one attached hydrogen (secondary N) is 2. The number of aromatic nitrogens is 3. The molecule has 2 N–H and O–H groups in total. The van der Waals surface area contributed by atoms with Crippen LogP contribution in [0.5, 0.6) is 0 Å². The Morgan fingerprint density at radius 2 is 2.10 bits per heavy atom. The number of carbonyl (C=O) groups is 1. The first-order chi connectivity index (χ1) is 10.1. The Balaban J connectivity index is 1.92. The molecule has 0 spiro atoms. The van der Waals surface area contributed by atoms with Crippen molar-refractivity contribution in [3.05, 3.63) is 26.6 Å². The van der Waals surface area contributed by atoms with Gasteiger partial charge in [-0.2, -0.15) is 15.0 Å². The molecular weight excluding hydrogens is 354 g/mol. The Labute approximate surface area is 135 Å². The predicted octanol–water partition coefficient (Wildman–Crippen LogP) is 3.01. The zero-order valence-electron chi connectivity index (χ0n) is 11.8. The van der Waals surface area contributed by atoms with Gasteiger partial charge in [-0.3, -0.25) is 10.1 Å². The van der Waals surface area contributed by atoms with Crippen molar-refractivity contribution in [1.82, 2.24) is 15.0 Å². The van der Waals surface area contributed by atoms with E-state index in [4.69, 9.17) is 0 Å². The highest BCUT2D eigenvalue weighted by Crippen LogP contribution is 2.23. The van der Waals surface area contributed by atoms with Crippen LogP contribution in [-0.2, 0) is 11.2 Å². The van der Waals surface area contributed by atoms with Crippen molar-refractivity contribution >= 4 is 45.6 Å². The topological polar surface area (TPSA) is 79.8 Å². The van der Waals surface area contributed by atoms with Gasteiger partial charge < -0.3 is 5.32 Å². The number of thiophene rings is 1. The molecule has 6 nitrogen and oxygen atoms in total. The van der Waals surface area contributed by atoms with E-state index in [1.807, 2.05) is 0 Å². The summed E-state index contributed by atoms with van der Waals surface area (Å²) in [5.41, 5.74) is 0. The van der Waals surface area contributed by atoms with E-state index < -0.39 is 0 Å². The molecule has 2 aromatic rings. The molecule has 0 aliphatic rings. The van der Waals surface area contributed by atoms with Crippen LogP contribution in [0.2, 0.25) is 0 Å². The van der Waals surface area contributed by atoms with E-state index in [9.17, 15) is 4.79 Å². The quantitative estimate of drug-likeness (QED) is 0.733. The fraction of sp³-hybridized carbons (Fsp3) is 0.385. The van der Waals surface area contributed by atoms with E-state index >= 15 is 0 Å². The third kappa shape index (κ3) is 5.05. The molecular formula is C13H16BrN5OS. The average Bonchev–Trinajstić information content (AvgIpc) is 2.82. The molecule has 0 aromatic carbocycles. The number of rotatable bonds is 7. The molecule has 2 aromatic heterocycles. The minimum atomic E-state index is 0.219. The zero-order chi connectivity index (χ0) is 15.2. The van der Waals surface area contributed by atoms with E-state index in [0.29, 0.717) is 18.2 Å². The summed E-state index contributed by atoms with van der Waals surface area (Å²) >= 11 is 5.21. The number of halogens is 1. The van der Waals surface area contributed by atoms with E-state index in [1.165, 1.54) is 4.88 Å². The van der Waals surface area contributed by atoms with Crippen molar-refractivity contribution in [2.24, 2.45) is 0 Å². The van der Waals surface area contributed by atoms with Crippen LogP contribution in [0.4, 0.5) is 11.9 Å². The highest BCUT2D eigenvalue weighted by molar-refractivity contribution is 9.11. The van der Waals surface area contributed by atoms with Crippen LogP contribution in [0.15, 0.2) is 15.9 Å². The normalized spacial score (nSPS) is 12.0. The van der Waals surface area contributed by atoms with Gasteiger partial charge in [-0.15, -0.1) is 11.3 Å². The summed E-state index contributed by atoms with van der Waals surface area (Å²) in [5.74, 6) is 1.30. The van der Waals surface area contributed by atoms with Gasteiger partial charge in [0.25, 0.3) is 0 Å². The van der Waals surface area contributed by atoms with Crippen molar-refractivity contribution in [1.29, 1.82) is 0 Å². The minimum Gasteiger partial charge on any atom is -0.352 e. The van der Waals surface area contributed by atoms with Crippen LogP contribution in [0, 0.1) is 6.92 Å². The van der Waals surface area contributed by atoms with Crippen molar-refractivity contribution in [2.75, 3.05) is 10.6 Å². The van der Waals surface area contributed by atoms with Crippen molar-refractivity contribution < 1.29 is 4.79 Å². The van der Waals surface area contributed by atoms with Crippen LogP contribution in [-0.4, -0.2) is 27.4 Å². The van der Waals surface area contributed by atoms with Crippen molar-refractivity contribution in [3.8, 4) is 0 Å². The number of nitrogens with zero attached hydrogens (tertiary/aromatic N) is 3. The summed E-state index contributed by atoms with van der Waals surface area (Å²) in [7, 11) is 0. The standard InChI is InChI=1S/C13H16BrN5OS/c1-8(3-4-10-5-6-11(14)21-10)16-13-18-9(2)17-12(19-13)15-7-20/h5-8H,3-4H2,1-2H3,(H2,15,16,17,18,19,20). The Morgan fingerprint density at radius 3 is 2.76 bits per heavy atom. The molecule has 1 unspecified atom stereocenters. The molecule has 8 heteroatoms. The van der Waals surface area contributed by atoms with Crippen LogP contribution < -0.4 is 10.6 Å². The molecule has 0 aliphatic heterocycles. The number of anilines is 2. The SMILES string of the molecule is Cc1nc(NC=O)nc(NC(C)CCc2ccc(Br)s2)n1. The van der Waals surface area contributed by atoms with Gasteiger partial charge in [-0.25, -0.2) is 0 Å². The Hall–Kier alpha value is -1.54. The molecule has 0 saturated carbocycles. The lowest BCUT2D eigenvalue weighted by atomic mass is 10.1. The van der Waals surface area contributed by atoms with Crippen molar-refractivity contribution in [2.45, 2.75) is 32.7 Å². The Morgan fingerprint density at radius 1 is 1.33 bits per heavy atom. The van der Waals surface area contributed by atoms with Crippen LogP contribution in [0.3, 0.4) is 0 Å². The van der Waals surface area contributed by atoms with E-state index in [1.54, 1.807) is 18.3 Å². The number of aryl methyl sites for hydroxylation is 2. The Kier molecular flexibility index (Phi) is 5.63. The zero-order valence-corrected chi connectivity index (χ0v) is 14.2. The van der Waals surface area contributed by atoms with E-state index in [-0.39, 0.29) is 12.0 Å². The lowest BCUT2D eigenvalue weighted by molar-refractivity contribution is -0.105. The van der Waals surface area contributed by atoms with Gasteiger partial charge in [0.05, 0.1) is 3.79 Å². The lowest BCUT2D eigenvalue weighted by Gasteiger charge is -2.13. The van der Waals surface area contributed by atoms with Gasteiger partial charge >= 0.3 is 0 Å². The maximum absolute atomic E-state index is 10.4. The van der Waals surface area contributed by atoms with Crippen LogP contribution in [0.25, 0.3) is 0 Å². The monoisotopic (exact) mass is 369 g/mol. The molecule has 1 atom stereocenters. The number of hydrogen-bond acceptors (Lipinski definition) is 6. The largest absolute Gasteiger partial charge is 0.352 e. The summed E-state index contributed by atoms with van der Waals surface area (Å²) in [4.78, 5) is 24.2. The first-order valence-electron chi connectivity index (χ1n) is 6.50. The van der Waals surface area contributed by atoms with Gasteiger partial charge in [0.2, 0.25) is 18.3 Å². The molecule has 21 heavy (non-hydrogen) atoms. The fourth-order valence-electron chi connectivity index (χ4n) is 1.80. The fourth-order valence-corrected chi connectivity index (χ4v) is 3.30. The maximum Gasteiger partial charge on any atom is 0.234 e. The van der Waals surface area contributed by atoms with Crippen molar-refractivity contribution in [3.63, 3.8) is 0 Å². The minimum absolute atomic E-state index is 0.219. The summed E-state index contributed by atoms with van der Waals surface area (Å²) in [6.07, 6.45) is 2.51. The summed E-state index contributed by atoms with van der Waals surface area (Å²) < 4.78 is 1.15. The smallest absolute Gasteiger partial charge is 0.234 e. The molecule has 0 fully saturated rings. The predicted molar refractivity (Wildman–Crippen MR) is 87.7 cm³/mol. The molecule has 0 bridgehead atoms. The third-order valence-corrected chi connectivity index (χ3v) is 4.45. The first-order valence-corrected chi connectivity index (χ1v) is 8.11. The summed E-state index contributed by atoms with van der Waals surface area (Å²) in [6, 6.07) is 4.41. The van der Waals surface area contributed by atoms with Gasteiger partial charge in [-0.1, -0.05) is 0 Å². The number of hydrogen-bond donors (Lipinski definition) is 2. The molecule has 1 amide bonds. The van der Waals surface area contributed by atoms with E-state index in [0.717, 1.165) is 16.6 Å². The van der Waals surface area contributed by atoms with Gasteiger partial charge in [-0.05, 0) is 54.8 Å². The van der Waals surface area contributed by atoms with Gasteiger partial charge in [0.1, 0.15) is 5.82 Å². The molecule has 0 radical (unpaired) electrons. The highest BCUT2D eigenvalue weighted by atomic mass is 79.9. The van der Waals surface area contributed by atoms with Gasteiger partial charge in [0, 0.05) is 10.9 Å². The van der Waals surface area contributed by atoms with Gasteiger partial charge in [0.15, 0.2) is 0 Å². The van der Waals surface area contributed by atoms with E-state index in [2.05, 4.69) is 60.6 Å². The number of amides is 1. The second kappa shape index (κ2) is 7.46. The third-order valence-electron chi connectivity index (χ3n) is 2.76. The summed E-state index contributed by atoms with van der Waals surface area (Å²) in [5, 5.41) is 5.67.